The molecule has 0 unspecified atom stereocenters. The number of rotatable bonds is 8. The summed E-state index contributed by atoms with van der Waals surface area (Å²) in [4.78, 5) is 45.3. The minimum atomic E-state index is -4.54. The first-order valence-electron chi connectivity index (χ1n) is 15.8. The molecule has 2 fully saturated rings. The highest BCUT2D eigenvalue weighted by Gasteiger charge is 2.49. The Morgan fingerprint density at radius 2 is 1.83 bits per heavy atom. The first kappa shape index (κ1) is 31.6. The summed E-state index contributed by atoms with van der Waals surface area (Å²) in [5.74, 6) is -0.0576. The van der Waals surface area contributed by atoms with E-state index in [1.165, 1.54) is 11.6 Å². The fraction of sp³-hybridized carbons (Fsp3) is 0.471. The minimum Gasteiger partial charge on any atom is -0.369 e. The highest BCUT2D eigenvalue weighted by molar-refractivity contribution is 6.16. The van der Waals surface area contributed by atoms with Crippen molar-refractivity contribution in [2.24, 2.45) is 10.7 Å². The van der Waals surface area contributed by atoms with E-state index in [9.17, 15) is 22.8 Å². The van der Waals surface area contributed by atoms with Crippen molar-refractivity contribution in [1.82, 2.24) is 20.3 Å². The van der Waals surface area contributed by atoms with Gasteiger partial charge < -0.3 is 16.0 Å². The van der Waals surface area contributed by atoms with Gasteiger partial charge in [-0.1, -0.05) is 25.5 Å². The van der Waals surface area contributed by atoms with Gasteiger partial charge in [0.25, 0.3) is 5.91 Å². The van der Waals surface area contributed by atoms with E-state index in [1.54, 1.807) is 0 Å². The van der Waals surface area contributed by atoms with Crippen molar-refractivity contribution in [3.05, 3.63) is 70.1 Å². The van der Waals surface area contributed by atoms with E-state index in [0.717, 1.165) is 60.0 Å². The number of amidine groups is 1. The summed E-state index contributed by atoms with van der Waals surface area (Å²) in [6.07, 6.45) is -0.287. The molecule has 46 heavy (non-hydrogen) atoms. The third-order valence-corrected chi connectivity index (χ3v) is 9.20. The molecule has 1 spiro atoms. The number of hydrogen-bond acceptors (Lipinski definition) is 7. The van der Waals surface area contributed by atoms with Crippen LogP contribution in [0.3, 0.4) is 0 Å². The molecule has 3 aliphatic rings. The molecule has 6 rings (SSSR count). The number of aryl methyl sites for hydroxylation is 3. The summed E-state index contributed by atoms with van der Waals surface area (Å²) in [6.45, 7) is 8.58. The number of carbonyl (C=O) groups excluding carboxylic acids is 2. The van der Waals surface area contributed by atoms with Crippen LogP contribution in [-0.4, -0.2) is 50.7 Å². The number of benzene rings is 1. The molecule has 3 N–H and O–H groups in total. The minimum absolute atomic E-state index is 0.0231. The van der Waals surface area contributed by atoms with Crippen molar-refractivity contribution in [2.45, 2.75) is 96.3 Å². The Balaban J connectivity index is 1.30. The summed E-state index contributed by atoms with van der Waals surface area (Å²) in [7, 11) is 0. The number of amides is 2. The van der Waals surface area contributed by atoms with E-state index >= 15 is 0 Å². The van der Waals surface area contributed by atoms with Gasteiger partial charge in [0.15, 0.2) is 0 Å². The number of piperidine rings is 1. The number of carbonyl (C=O) groups is 2. The number of aliphatic imine (C=N–C) groups is 1. The van der Waals surface area contributed by atoms with Crippen LogP contribution in [-0.2, 0) is 28.6 Å². The molecule has 2 aliphatic heterocycles. The van der Waals surface area contributed by atoms with Gasteiger partial charge >= 0.3 is 6.18 Å². The van der Waals surface area contributed by atoms with Gasteiger partial charge in [0, 0.05) is 53.1 Å². The summed E-state index contributed by atoms with van der Waals surface area (Å²) >= 11 is 0. The number of nitrogens with two attached hydrogens (primary N) is 1. The van der Waals surface area contributed by atoms with Crippen molar-refractivity contribution < 1.29 is 22.8 Å². The van der Waals surface area contributed by atoms with E-state index < -0.39 is 23.3 Å². The lowest BCUT2D eigenvalue weighted by Gasteiger charge is -2.43. The van der Waals surface area contributed by atoms with E-state index in [1.807, 2.05) is 13.8 Å². The van der Waals surface area contributed by atoms with Gasteiger partial charge in [-0.05, 0) is 75.8 Å². The van der Waals surface area contributed by atoms with Crippen molar-refractivity contribution in [3.63, 3.8) is 0 Å². The number of pyridine rings is 1. The molecule has 0 bridgehead atoms. The molecule has 12 heteroatoms. The van der Waals surface area contributed by atoms with Crippen LogP contribution in [0.4, 0.5) is 18.9 Å². The largest absolute Gasteiger partial charge is 0.433 e. The molecule has 1 aromatic carbocycles. The molecule has 1 saturated heterocycles. The Bertz CT molecular complexity index is 1730. The highest BCUT2D eigenvalue weighted by atomic mass is 19.4. The molecule has 2 aromatic heterocycles. The summed E-state index contributed by atoms with van der Waals surface area (Å²) in [5, 5.41) is 2.91. The molecule has 1 saturated carbocycles. The van der Waals surface area contributed by atoms with Crippen LogP contribution in [0.25, 0.3) is 11.1 Å². The first-order chi connectivity index (χ1) is 21.8. The van der Waals surface area contributed by atoms with Crippen LogP contribution < -0.4 is 16.0 Å². The number of nitrogens with one attached hydrogen (secondary N) is 1. The maximum Gasteiger partial charge on any atom is 0.433 e. The fourth-order valence-corrected chi connectivity index (χ4v) is 6.94. The molecular formula is C34H38F3N7O2. The van der Waals surface area contributed by atoms with Crippen LogP contribution in [0.2, 0.25) is 0 Å². The Kier molecular flexibility index (Phi) is 8.10. The standard InChI is InChI=1S/C34H38F3N7O2/c1-5-6-21-7-10-23(29-19(3)39-28(16-27(38)45)40-20(29)4)15-25(21)44-14-13-33(17-18(44)2)32(46)42-31(43-33)24-11-12-26(34(35,36)37)41-30(24)22-8-9-22/h7,10-12,15,18,22H,5-6,8-9,13-14,16-17H2,1-4H3,(H2,38,45)(H,42,43,46)/t18-,33+/m0/s1. The predicted molar refractivity (Wildman–Crippen MR) is 169 cm³/mol. The van der Waals surface area contributed by atoms with Gasteiger partial charge in [-0.15, -0.1) is 0 Å². The van der Waals surface area contributed by atoms with Gasteiger partial charge in [0.05, 0.1) is 12.1 Å². The van der Waals surface area contributed by atoms with Crippen LogP contribution >= 0.6 is 0 Å². The second-order valence-electron chi connectivity index (χ2n) is 12.8. The second-order valence-corrected chi connectivity index (χ2v) is 12.8. The maximum atomic E-state index is 13.5. The van der Waals surface area contributed by atoms with Crippen LogP contribution in [0.5, 0.6) is 0 Å². The average Bonchev–Trinajstić information content (AvgIpc) is 3.77. The normalized spacial score (nSPS) is 21.5. The average molecular weight is 634 g/mol. The number of anilines is 1. The Labute approximate surface area is 265 Å². The lowest BCUT2D eigenvalue weighted by Crippen LogP contribution is -2.53. The maximum absolute atomic E-state index is 13.5. The van der Waals surface area contributed by atoms with Crippen LogP contribution in [0.1, 0.15) is 91.6 Å². The van der Waals surface area contributed by atoms with Crippen LogP contribution in [0, 0.1) is 13.8 Å². The highest BCUT2D eigenvalue weighted by Crippen LogP contribution is 2.44. The van der Waals surface area contributed by atoms with Gasteiger partial charge in [0.1, 0.15) is 22.9 Å². The van der Waals surface area contributed by atoms with E-state index in [4.69, 9.17) is 10.7 Å². The second kappa shape index (κ2) is 11.8. The quantitative estimate of drug-likeness (QED) is 0.345. The fourth-order valence-electron chi connectivity index (χ4n) is 6.94. The SMILES string of the molecule is CCCc1ccc(-c2c(C)nc(CC(N)=O)nc2C)cc1N1CC[C@]2(C[C@@H]1C)N=C(c1ccc(C(F)(F)F)nc1C1CC1)NC2=O. The molecule has 9 nitrogen and oxygen atoms in total. The zero-order valence-corrected chi connectivity index (χ0v) is 26.5. The third kappa shape index (κ3) is 5.96. The molecule has 2 amide bonds. The van der Waals surface area contributed by atoms with Gasteiger partial charge in [-0.3, -0.25) is 14.6 Å². The zero-order chi connectivity index (χ0) is 33.0. The van der Waals surface area contributed by atoms with Crippen molar-refractivity contribution in [2.75, 3.05) is 11.4 Å². The number of hydrogen-bond donors (Lipinski definition) is 2. The molecule has 0 radical (unpaired) electrons. The molecule has 3 aromatic rings. The lowest BCUT2D eigenvalue weighted by atomic mass is 9.83. The van der Waals surface area contributed by atoms with Gasteiger partial charge in [-0.25, -0.2) is 15.0 Å². The number of aromatic nitrogens is 3. The number of primary amides is 1. The van der Waals surface area contributed by atoms with Gasteiger partial charge in [0.2, 0.25) is 5.91 Å². The van der Waals surface area contributed by atoms with Gasteiger partial charge in [-0.2, -0.15) is 13.2 Å². The van der Waals surface area contributed by atoms with Crippen molar-refractivity contribution in [1.29, 1.82) is 0 Å². The van der Waals surface area contributed by atoms with E-state index in [0.29, 0.717) is 42.3 Å². The molecule has 4 heterocycles. The molecule has 1 aliphatic carbocycles. The molecular weight excluding hydrogens is 595 g/mol. The number of nitrogens with zero attached hydrogens (tertiary/aromatic N) is 5. The summed E-state index contributed by atoms with van der Waals surface area (Å²) in [6, 6.07) is 8.68. The van der Waals surface area contributed by atoms with Crippen molar-refractivity contribution >= 4 is 23.3 Å². The first-order valence-corrected chi connectivity index (χ1v) is 15.8. The number of halogens is 3. The Hall–Kier alpha value is -4.35. The zero-order valence-electron chi connectivity index (χ0n) is 26.5. The van der Waals surface area contributed by atoms with Crippen LogP contribution in [0.15, 0.2) is 35.3 Å². The Morgan fingerprint density at radius 1 is 1.11 bits per heavy atom. The smallest absolute Gasteiger partial charge is 0.369 e. The van der Waals surface area contributed by atoms with Crippen molar-refractivity contribution in [3.8, 4) is 11.1 Å². The van der Waals surface area contributed by atoms with E-state index in [2.05, 4.69) is 57.2 Å². The van der Waals surface area contributed by atoms with E-state index in [-0.39, 0.29) is 24.3 Å². The number of alkyl halides is 3. The summed E-state index contributed by atoms with van der Waals surface area (Å²) in [5.41, 5.74) is 9.92. The summed E-state index contributed by atoms with van der Waals surface area (Å²) < 4.78 is 40.3. The third-order valence-electron chi connectivity index (χ3n) is 9.20. The molecule has 2 atom stereocenters. The lowest BCUT2D eigenvalue weighted by molar-refractivity contribution is -0.141. The monoisotopic (exact) mass is 633 g/mol. The topological polar surface area (TPSA) is 126 Å². The molecule has 242 valence electrons. The predicted octanol–water partition coefficient (Wildman–Crippen LogP) is 5.34. The Morgan fingerprint density at radius 3 is 2.43 bits per heavy atom.